The third-order valence-corrected chi connectivity index (χ3v) is 3.76. The van der Waals surface area contributed by atoms with Gasteiger partial charge >= 0.3 is 0 Å². The van der Waals surface area contributed by atoms with Crippen molar-refractivity contribution < 1.29 is 19.9 Å². The van der Waals surface area contributed by atoms with Gasteiger partial charge in [0, 0.05) is 23.5 Å². The number of hydrogen-bond acceptors (Lipinski definition) is 5. The van der Waals surface area contributed by atoms with E-state index in [4.69, 9.17) is 5.21 Å². The molecule has 144 valence electrons. The molecule has 0 saturated carbocycles. The molecule has 2 amide bonds. The summed E-state index contributed by atoms with van der Waals surface area (Å²) < 4.78 is 0. The molecule has 28 heavy (non-hydrogen) atoms. The van der Waals surface area contributed by atoms with Gasteiger partial charge in [-0.1, -0.05) is 17.9 Å². The lowest BCUT2D eigenvalue weighted by Crippen LogP contribution is -2.57. The van der Waals surface area contributed by atoms with E-state index < -0.39 is 23.5 Å². The zero-order valence-electron chi connectivity index (χ0n) is 15.5. The van der Waals surface area contributed by atoms with Crippen LogP contribution in [0.15, 0.2) is 54.9 Å². The molecule has 0 aliphatic carbocycles. The number of benzene rings is 1. The van der Waals surface area contributed by atoms with Crippen LogP contribution in [0.25, 0.3) is 6.08 Å². The number of hydrogen-bond donors (Lipinski definition) is 4. The molecule has 0 bridgehead atoms. The predicted octanol–water partition coefficient (Wildman–Crippen LogP) is 1.52. The van der Waals surface area contributed by atoms with Crippen LogP contribution < -0.4 is 10.8 Å². The number of carbonyl (C=O) groups excluding carboxylic acids is 2. The molecular weight excluding hydrogens is 358 g/mol. The van der Waals surface area contributed by atoms with Crippen LogP contribution in [0.4, 0.5) is 0 Å². The molecule has 0 unspecified atom stereocenters. The van der Waals surface area contributed by atoms with E-state index in [9.17, 15) is 14.7 Å². The number of hydroxylamine groups is 1. The number of amides is 2. The second-order valence-corrected chi connectivity index (χ2v) is 6.50. The fourth-order valence-electron chi connectivity index (χ4n) is 2.28. The van der Waals surface area contributed by atoms with Crippen molar-refractivity contribution in [2.75, 3.05) is 0 Å². The first kappa shape index (κ1) is 20.8. The molecule has 1 aromatic carbocycles. The van der Waals surface area contributed by atoms with Gasteiger partial charge in [0.25, 0.3) is 11.8 Å². The van der Waals surface area contributed by atoms with Crippen LogP contribution in [-0.4, -0.2) is 38.8 Å². The smallest absolute Gasteiger partial charge is 0.268 e. The van der Waals surface area contributed by atoms with Crippen LogP contribution in [0.5, 0.6) is 0 Å². The van der Waals surface area contributed by atoms with Crippen molar-refractivity contribution in [1.29, 1.82) is 0 Å². The van der Waals surface area contributed by atoms with E-state index in [1.54, 1.807) is 42.7 Å². The summed E-state index contributed by atoms with van der Waals surface area (Å²) in [5.41, 5.74) is 1.81. The van der Waals surface area contributed by atoms with Gasteiger partial charge in [0.2, 0.25) is 0 Å². The maximum Gasteiger partial charge on any atom is 0.268 e. The summed E-state index contributed by atoms with van der Waals surface area (Å²) in [6.45, 7) is 2.70. The first-order chi connectivity index (χ1) is 13.3. The molecule has 1 atom stereocenters. The standard InChI is InChI=1S/C21H21N3O4/c1-21(2,27)18(20(26)24-28)23-19(25)17-11-9-15(10-12-17)6-3-4-7-16-8-5-13-22-14-16/h4-5,7-14,18,27-28H,1-2H3,(H,23,25)(H,24,26)/b7-4+/t18-/m1/s1. The van der Waals surface area contributed by atoms with Crippen molar-refractivity contribution >= 4 is 17.9 Å². The highest BCUT2D eigenvalue weighted by molar-refractivity contribution is 5.97. The van der Waals surface area contributed by atoms with Crippen LogP contribution in [0.1, 0.15) is 35.3 Å². The van der Waals surface area contributed by atoms with Gasteiger partial charge in [-0.3, -0.25) is 19.8 Å². The minimum Gasteiger partial charge on any atom is -0.388 e. The van der Waals surface area contributed by atoms with E-state index in [0.29, 0.717) is 5.56 Å². The number of nitrogens with one attached hydrogen (secondary N) is 2. The number of aromatic nitrogens is 1. The second kappa shape index (κ2) is 9.46. The quantitative estimate of drug-likeness (QED) is 0.358. The highest BCUT2D eigenvalue weighted by atomic mass is 16.5. The SMILES string of the molecule is CC(C)(O)[C@H](NC(=O)c1ccc(C#C/C=C/c2cccnc2)cc1)C(=O)NO. The molecule has 7 heteroatoms. The predicted molar refractivity (Wildman–Crippen MR) is 104 cm³/mol. The molecule has 4 N–H and O–H groups in total. The molecular formula is C21H21N3O4. The van der Waals surface area contributed by atoms with E-state index in [2.05, 4.69) is 22.1 Å². The van der Waals surface area contributed by atoms with Crippen LogP contribution in [0.3, 0.4) is 0 Å². The maximum absolute atomic E-state index is 12.3. The summed E-state index contributed by atoms with van der Waals surface area (Å²) in [5, 5.41) is 21.2. The Labute approximate surface area is 163 Å². The van der Waals surface area contributed by atoms with Gasteiger partial charge in [-0.15, -0.1) is 0 Å². The summed E-state index contributed by atoms with van der Waals surface area (Å²) in [6.07, 6.45) is 6.97. The van der Waals surface area contributed by atoms with E-state index in [0.717, 1.165) is 5.56 Å². The molecule has 0 aliphatic rings. The van der Waals surface area contributed by atoms with Crippen molar-refractivity contribution in [2.24, 2.45) is 0 Å². The Morgan fingerprint density at radius 1 is 1.21 bits per heavy atom. The van der Waals surface area contributed by atoms with Gasteiger partial charge in [-0.2, -0.15) is 0 Å². The summed E-state index contributed by atoms with van der Waals surface area (Å²) in [4.78, 5) is 28.0. The van der Waals surface area contributed by atoms with Crippen molar-refractivity contribution in [3.05, 3.63) is 71.6 Å². The van der Waals surface area contributed by atoms with E-state index >= 15 is 0 Å². The van der Waals surface area contributed by atoms with Crippen molar-refractivity contribution in [1.82, 2.24) is 15.8 Å². The topological polar surface area (TPSA) is 112 Å². The third-order valence-electron chi connectivity index (χ3n) is 3.76. The first-order valence-electron chi connectivity index (χ1n) is 8.46. The van der Waals surface area contributed by atoms with Gasteiger partial charge < -0.3 is 10.4 Å². The van der Waals surface area contributed by atoms with Crippen LogP contribution >= 0.6 is 0 Å². The fourth-order valence-corrected chi connectivity index (χ4v) is 2.28. The average Bonchev–Trinajstić information content (AvgIpc) is 2.69. The van der Waals surface area contributed by atoms with Crippen LogP contribution in [-0.2, 0) is 4.79 Å². The Balaban J connectivity index is 2.04. The number of rotatable bonds is 5. The van der Waals surface area contributed by atoms with Crippen molar-refractivity contribution in [2.45, 2.75) is 25.5 Å². The number of allylic oxidation sites excluding steroid dienone is 1. The highest BCUT2D eigenvalue weighted by Crippen LogP contribution is 2.11. The summed E-state index contributed by atoms with van der Waals surface area (Å²) in [7, 11) is 0. The van der Waals surface area contributed by atoms with Crippen LogP contribution in [0, 0.1) is 11.8 Å². The lowest BCUT2D eigenvalue weighted by Gasteiger charge is -2.28. The van der Waals surface area contributed by atoms with Gasteiger partial charge in [0.1, 0.15) is 6.04 Å². The zero-order valence-corrected chi connectivity index (χ0v) is 15.5. The Morgan fingerprint density at radius 2 is 1.93 bits per heavy atom. The van der Waals surface area contributed by atoms with Gasteiger partial charge in [-0.25, -0.2) is 5.48 Å². The summed E-state index contributed by atoms with van der Waals surface area (Å²) >= 11 is 0. The van der Waals surface area contributed by atoms with Crippen molar-refractivity contribution in [3.63, 3.8) is 0 Å². The Bertz CT molecular complexity index is 905. The van der Waals surface area contributed by atoms with Crippen LogP contribution in [0.2, 0.25) is 0 Å². The minimum absolute atomic E-state index is 0.288. The molecule has 0 spiro atoms. The fraction of sp³-hybridized carbons (Fsp3) is 0.190. The molecule has 1 aromatic heterocycles. The van der Waals surface area contributed by atoms with E-state index in [-0.39, 0.29) is 5.56 Å². The third kappa shape index (κ3) is 6.06. The lowest BCUT2D eigenvalue weighted by atomic mass is 9.97. The monoisotopic (exact) mass is 379 g/mol. The van der Waals surface area contributed by atoms with Gasteiger partial charge in [0.05, 0.1) is 5.60 Å². The Morgan fingerprint density at radius 3 is 2.50 bits per heavy atom. The largest absolute Gasteiger partial charge is 0.388 e. The summed E-state index contributed by atoms with van der Waals surface area (Å²) in [5.74, 6) is 4.37. The number of pyridine rings is 1. The van der Waals surface area contributed by atoms with Gasteiger partial charge in [-0.05, 0) is 61.9 Å². The molecule has 0 aliphatic heterocycles. The number of nitrogens with zero attached hydrogens (tertiary/aromatic N) is 1. The Kier molecular flexibility index (Phi) is 7.04. The van der Waals surface area contributed by atoms with Crippen molar-refractivity contribution in [3.8, 4) is 11.8 Å². The van der Waals surface area contributed by atoms with Gasteiger partial charge in [0.15, 0.2) is 0 Å². The lowest BCUT2D eigenvalue weighted by molar-refractivity contribution is -0.136. The molecule has 0 fully saturated rings. The molecule has 0 saturated heterocycles. The normalized spacial score (nSPS) is 12.0. The maximum atomic E-state index is 12.3. The molecule has 2 aromatic rings. The second-order valence-electron chi connectivity index (χ2n) is 6.50. The molecule has 1 heterocycles. The minimum atomic E-state index is -1.56. The zero-order chi connectivity index (χ0) is 20.6. The number of carbonyl (C=O) groups is 2. The van der Waals surface area contributed by atoms with E-state index in [1.165, 1.54) is 19.3 Å². The Hall–Kier alpha value is -3.47. The molecule has 7 nitrogen and oxygen atoms in total. The first-order valence-corrected chi connectivity index (χ1v) is 8.46. The van der Waals surface area contributed by atoms with E-state index in [1.807, 2.05) is 18.2 Å². The molecule has 0 radical (unpaired) electrons. The molecule has 2 rings (SSSR count). The average molecular weight is 379 g/mol. The number of aliphatic hydroxyl groups is 1. The highest BCUT2D eigenvalue weighted by Gasteiger charge is 2.34. The summed E-state index contributed by atoms with van der Waals surface area (Å²) in [6, 6.07) is 8.89.